The minimum atomic E-state index is -5.06. The number of benzene rings is 2. The number of halogens is 6. The molecule has 1 fully saturated rings. The van der Waals surface area contributed by atoms with E-state index in [-0.39, 0.29) is 24.3 Å². The lowest BCUT2D eigenvalue weighted by atomic mass is 10.0. The van der Waals surface area contributed by atoms with Gasteiger partial charge in [-0.2, -0.15) is 31.3 Å². The number of carbonyl (C=O) groups is 1. The second-order valence-electron chi connectivity index (χ2n) is 7.64. The van der Waals surface area contributed by atoms with Gasteiger partial charge in [-0.25, -0.2) is 0 Å². The summed E-state index contributed by atoms with van der Waals surface area (Å²) in [5.41, 5.74) is -3.23. The Morgan fingerprint density at radius 2 is 1.65 bits per heavy atom. The normalized spacial score (nSPS) is 16.7. The van der Waals surface area contributed by atoms with Crippen molar-refractivity contribution in [2.75, 3.05) is 13.7 Å². The first-order valence-electron chi connectivity index (χ1n) is 10.1. The van der Waals surface area contributed by atoms with Crippen molar-refractivity contribution in [3.8, 4) is 17.1 Å². The molecule has 0 bridgehead atoms. The van der Waals surface area contributed by atoms with Crippen LogP contribution in [0.25, 0.3) is 11.4 Å². The predicted octanol–water partition coefficient (Wildman–Crippen LogP) is 5.76. The number of hydrogen-bond acceptors (Lipinski definition) is 5. The Morgan fingerprint density at radius 3 is 2.21 bits per heavy atom. The number of aromatic nitrogens is 2. The first-order chi connectivity index (χ1) is 16.0. The topological polar surface area (TPSA) is 68.5 Å². The van der Waals surface area contributed by atoms with Crippen LogP contribution in [0.3, 0.4) is 0 Å². The third kappa shape index (κ3) is 4.70. The fourth-order valence-electron chi connectivity index (χ4n) is 3.74. The lowest BCUT2D eigenvalue weighted by molar-refractivity contribution is -0.143. The van der Waals surface area contributed by atoms with E-state index in [1.54, 1.807) is 24.3 Å². The van der Waals surface area contributed by atoms with Gasteiger partial charge in [-0.1, -0.05) is 5.16 Å². The van der Waals surface area contributed by atoms with Crippen LogP contribution >= 0.6 is 0 Å². The van der Waals surface area contributed by atoms with Gasteiger partial charge in [-0.05, 0) is 55.3 Å². The van der Waals surface area contributed by atoms with Crippen molar-refractivity contribution in [2.45, 2.75) is 31.2 Å². The van der Waals surface area contributed by atoms with E-state index in [9.17, 15) is 31.1 Å². The number of amides is 1. The zero-order chi connectivity index (χ0) is 24.7. The zero-order valence-electron chi connectivity index (χ0n) is 17.6. The zero-order valence-corrected chi connectivity index (χ0v) is 17.6. The van der Waals surface area contributed by atoms with Gasteiger partial charge in [0, 0.05) is 17.7 Å². The molecule has 12 heteroatoms. The summed E-state index contributed by atoms with van der Waals surface area (Å²) in [5, 5.41) is 3.88. The maximum Gasteiger partial charge on any atom is 0.416 e. The quantitative estimate of drug-likeness (QED) is 0.440. The Balaban J connectivity index is 1.64. The van der Waals surface area contributed by atoms with Gasteiger partial charge < -0.3 is 14.2 Å². The van der Waals surface area contributed by atoms with Gasteiger partial charge in [-0.15, -0.1) is 0 Å². The number of carbonyl (C=O) groups excluding carboxylic acids is 1. The van der Waals surface area contributed by atoms with Crippen molar-refractivity contribution in [1.82, 2.24) is 15.0 Å². The Bertz CT molecular complexity index is 1160. The van der Waals surface area contributed by atoms with Crippen LogP contribution in [0, 0.1) is 0 Å². The van der Waals surface area contributed by atoms with Gasteiger partial charge in [0.2, 0.25) is 11.7 Å². The first kappa shape index (κ1) is 23.6. The van der Waals surface area contributed by atoms with Crippen molar-refractivity contribution in [3.05, 3.63) is 65.0 Å². The number of methoxy groups -OCH3 is 1. The molecule has 3 aromatic rings. The Hall–Kier alpha value is -3.57. The Morgan fingerprint density at radius 1 is 1.03 bits per heavy atom. The van der Waals surface area contributed by atoms with Gasteiger partial charge in [-0.3, -0.25) is 4.79 Å². The van der Waals surface area contributed by atoms with E-state index >= 15 is 0 Å². The van der Waals surface area contributed by atoms with Gasteiger partial charge in [0.05, 0.1) is 18.2 Å². The van der Waals surface area contributed by atoms with E-state index in [0.29, 0.717) is 36.3 Å². The van der Waals surface area contributed by atoms with Gasteiger partial charge in [0.1, 0.15) is 11.8 Å². The van der Waals surface area contributed by atoms with Crippen molar-refractivity contribution >= 4 is 5.91 Å². The van der Waals surface area contributed by atoms with E-state index in [1.165, 1.54) is 7.11 Å². The molecule has 0 spiro atoms. The van der Waals surface area contributed by atoms with Crippen LogP contribution in [0.1, 0.15) is 46.3 Å². The number of ether oxygens (including phenoxy) is 1. The average molecular weight is 485 g/mol. The summed E-state index contributed by atoms with van der Waals surface area (Å²) in [7, 11) is 1.51. The van der Waals surface area contributed by atoms with Crippen LogP contribution in [0.15, 0.2) is 47.0 Å². The van der Waals surface area contributed by atoms with Crippen LogP contribution in [-0.4, -0.2) is 34.6 Å². The van der Waals surface area contributed by atoms with Crippen LogP contribution < -0.4 is 4.74 Å². The molecule has 2 aromatic carbocycles. The Labute approximate surface area is 189 Å². The van der Waals surface area contributed by atoms with Gasteiger partial charge >= 0.3 is 12.4 Å². The van der Waals surface area contributed by atoms with Crippen molar-refractivity contribution < 1.29 is 40.4 Å². The van der Waals surface area contributed by atoms with Crippen LogP contribution in [0.2, 0.25) is 0 Å². The van der Waals surface area contributed by atoms with Crippen LogP contribution in [-0.2, 0) is 12.4 Å². The van der Waals surface area contributed by atoms with Crippen LogP contribution in [0.5, 0.6) is 5.75 Å². The standard InChI is InChI=1S/C22H17F6N3O3/c1-33-16-6-4-12(5-7-16)18-29-19(34-30-18)17-3-2-8-31(17)20(32)13-9-14(21(23,24)25)11-15(10-13)22(26,27)28/h4-7,9-11,17H,2-3,8H2,1H3. The largest absolute Gasteiger partial charge is 0.497 e. The second-order valence-corrected chi connectivity index (χ2v) is 7.64. The molecule has 0 N–H and O–H groups in total. The fourth-order valence-corrected chi connectivity index (χ4v) is 3.74. The third-order valence-electron chi connectivity index (χ3n) is 5.42. The smallest absolute Gasteiger partial charge is 0.416 e. The molecular formula is C22H17F6N3O3. The molecule has 180 valence electrons. The van der Waals surface area contributed by atoms with Crippen molar-refractivity contribution in [3.63, 3.8) is 0 Å². The molecule has 6 nitrogen and oxygen atoms in total. The monoisotopic (exact) mass is 485 g/mol. The Kier molecular flexibility index (Phi) is 6.00. The van der Waals surface area contributed by atoms with E-state index in [0.717, 1.165) is 4.90 Å². The molecule has 4 rings (SSSR count). The highest BCUT2D eigenvalue weighted by Gasteiger charge is 2.40. The van der Waals surface area contributed by atoms with E-state index in [4.69, 9.17) is 9.26 Å². The van der Waals surface area contributed by atoms with E-state index in [2.05, 4.69) is 10.1 Å². The highest BCUT2D eigenvalue weighted by Crippen LogP contribution is 2.38. The van der Waals surface area contributed by atoms with E-state index < -0.39 is 41.0 Å². The SMILES string of the molecule is COc1ccc(-c2noc(C3CCCN3C(=O)c3cc(C(F)(F)F)cc(C(F)(F)F)c3)n2)cc1. The maximum atomic E-state index is 13.2. The van der Waals surface area contributed by atoms with Crippen LogP contribution in [0.4, 0.5) is 26.3 Å². The molecule has 1 aliphatic heterocycles. The minimum absolute atomic E-state index is 0.0165. The number of hydrogen-bond donors (Lipinski definition) is 0. The minimum Gasteiger partial charge on any atom is -0.497 e. The lowest BCUT2D eigenvalue weighted by Crippen LogP contribution is -2.31. The number of alkyl halides is 6. The summed E-state index contributed by atoms with van der Waals surface area (Å²) >= 11 is 0. The molecule has 0 saturated carbocycles. The molecular weight excluding hydrogens is 468 g/mol. The summed E-state index contributed by atoms with van der Waals surface area (Å²) < 4.78 is 89.5. The predicted molar refractivity (Wildman–Crippen MR) is 106 cm³/mol. The highest BCUT2D eigenvalue weighted by molar-refractivity contribution is 5.95. The molecule has 2 heterocycles. The molecule has 34 heavy (non-hydrogen) atoms. The average Bonchev–Trinajstić information content (AvgIpc) is 3.47. The molecule has 1 atom stereocenters. The summed E-state index contributed by atoms with van der Waals surface area (Å²) in [6.07, 6.45) is -9.29. The highest BCUT2D eigenvalue weighted by atomic mass is 19.4. The number of likely N-dealkylation sites (tertiary alicyclic amines) is 1. The lowest BCUT2D eigenvalue weighted by Gasteiger charge is -2.23. The molecule has 1 saturated heterocycles. The summed E-state index contributed by atoms with van der Waals surface area (Å²) in [5.74, 6) is -0.113. The van der Waals surface area contributed by atoms with Gasteiger partial charge in [0.15, 0.2) is 0 Å². The molecule has 0 radical (unpaired) electrons. The number of rotatable bonds is 4. The molecule has 1 amide bonds. The summed E-state index contributed by atoms with van der Waals surface area (Å²) in [6, 6.07) is 6.78. The van der Waals surface area contributed by atoms with Crippen molar-refractivity contribution in [1.29, 1.82) is 0 Å². The first-order valence-corrected chi connectivity index (χ1v) is 10.1. The maximum absolute atomic E-state index is 13.2. The van der Waals surface area contributed by atoms with Crippen molar-refractivity contribution in [2.24, 2.45) is 0 Å². The third-order valence-corrected chi connectivity index (χ3v) is 5.42. The molecule has 0 aliphatic carbocycles. The summed E-state index contributed by atoms with van der Waals surface area (Å²) in [6.45, 7) is 0.112. The molecule has 1 aliphatic rings. The molecule has 1 unspecified atom stereocenters. The fraction of sp³-hybridized carbons (Fsp3) is 0.318. The number of nitrogens with zero attached hydrogens (tertiary/aromatic N) is 3. The molecule has 1 aromatic heterocycles. The second kappa shape index (κ2) is 8.65. The van der Waals surface area contributed by atoms with Gasteiger partial charge in [0.25, 0.3) is 5.91 Å². The summed E-state index contributed by atoms with van der Waals surface area (Å²) in [4.78, 5) is 18.5. The van der Waals surface area contributed by atoms with E-state index in [1.807, 2.05) is 0 Å².